The van der Waals surface area contributed by atoms with E-state index in [1.165, 1.54) is 12.3 Å². The van der Waals surface area contributed by atoms with E-state index >= 15 is 0 Å². The van der Waals surface area contributed by atoms with Crippen LogP contribution in [0.3, 0.4) is 0 Å². The standard InChI is InChI=1S/C12H18N4O3/c1-15(9-2-4-13-5-3-9)8-12(17)11-6-10(7-14-11)16(18)19/h6-7,9,13-14H,2-5,8H2,1H3. The number of likely N-dealkylation sites (N-methyl/N-ethyl adjacent to an activating group) is 1. The van der Waals surface area contributed by atoms with E-state index in [2.05, 4.69) is 10.3 Å². The van der Waals surface area contributed by atoms with Crippen LogP contribution in [0.1, 0.15) is 23.3 Å². The van der Waals surface area contributed by atoms with Gasteiger partial charge in [-0.15, -0.1) is 0 Å². The average Bonchev–Trinajstić information content (AvgIpc) is 2.89. The number of hydrogen-bond donors (Lipinski definition) is 2. The molecule has 0 radical (unpaired) electrons. The molecule has 2 rings (SSSR count). The first kappa shape index (κ1) is 13.7. The van der Waals surface area contributed by atoms with Crippen molar-refractivity contribution in [3.8, 4) is 0 Å². The molecule has 0 aromatic carbocycles. The predicted octanol–water partition coefficient (Wildman–Crippen LogP) is 0.789. The Morgan fingerprint density at radius 2 is 2.21 bits per heavy atom. The largest absolute Gasteiger partial charge is 0.353 e. The predicted molar refractivity (Wildman–Crippen MR) is 70.3 cm³/mol. The average molecular weight is 266 g/mol. The molecular weight excluding hydrogens is 248 g/mol. The van der Waals surface area contributed by atoms with Crippen molar-refractivity contribution in [2.75, 3.05) is 26.7 Å². The van der Waals surface area contributed by atoms with Crippen LogP contribution in [-0.4, -0.2) is 53.3 Å². The minimum atomic E-state index is -0.510. The van der Waals surface area contributed by atoms with E-state index in [4.69, 9.17) is 0 Å². The van der Waals surface area contributed by atoms with Gasteiger partial charge in [0.15, 0.2) is 5.78 Å². The van der Waals surface area contributed by atoms with Crippen molar-refractivity contribution in [2.45, 2.75) is 18.9 Å². The number of aromatic amines is 1. The summed E-state index contributed by atoms with van der Waals surface area (Å²) in [6, 6.07) is 1.69. The highest BCUT2D eigenvalue weighted by molar-refractivity contribution is 5.96. The van der Waals surface area contributed by atoms with Crippen LogP contribution in [0.15, 0.2) is 12.3 Å². The van der Waals surface area contributed by atoms with Crippen LogP contribution < -0.4 is 5.32 Å². The molecule has 104 valence electrons. The van der Waals surface area contributed by atoms with E-state index < -0.39 is 4.92 Å². The van der Waals surface area contributed by atoms with E-state index in [0.717, 1.165) is 25.9 Å². The molecule has 19 heavy (non-hydrogen) atoms. The van der Waals surface area contributed by atoms with E-state index in [1.807, 2.05) is 11.9 Å². The number of ketones is 1. The number of H-pyrrole nitrogens is 1. The van der Waals surface area contributed by atoms with Crippen LogP contribution >= 0.6 is 0 Å². The van der Waals surface area contributed by atoms with Crippen molar-refractivity contribution in [3.05, 3.63) is 28.1 Å². The summed E-state index contributed by atoms with van der Waals surface area (Å²) >= 11 is 0. The zero-order chi connectivity index (χ0) is 13.8. The van der Waals surface area contributed by atoms with Crippen LogP contribution in [0.2, 0.25) is 0 Å². The zero-order valence-electron chi connectivity index (χ0n) is 10.9. The molecule has 2 heterocycles. The van der Waals surface area contributed by atoms with Crippen LogP contribution in [0, 0.1) is 10.1 Å². The van der Waals surface area contributed by atoms with Gasteiger partial charge < -0.3 is 10.3 Å². The van der Waals surface area contributed by atoms with Crippen molar-refractivity contribution in [1.29, 1.82) is 0 Å². The summed E-state index contributed by atoms with van der Waals surface area (Å²) in [7, 11) is 1.92. The summed E-state index contributed by atoms with van der Waals surface area (Å²) in [4.78, 5) is 26.8. The first-order valence-electron chi connectivity index (χ1n) is 6.35. The molecule has 0 aliphatic carbocycles. The maximum Gasteiger partial charge on any atom is 0.287 e. The van der Waals surface area contributed by atoms with Gasteiger partial charge >= 0.3 is 0 Å². The highest BCUT2D eigenvalue weighted by atomic mass is 16.6. The van der Waals surface area contributed by atoms with Gasteiger partial charge in [0, 0.05) is 12.1 Å². The molecule has 0 saturated carbocycles. The first-order valence-corrected chi connectivity index (χ1v) is 6.35. The molecule has 0 atom stereocenters. The van der Waals surface area contributed by atoms with E-state index in [0.29, 0.717) is 11.7 Å². The number of piperidine rings is 1. The Balaban J connectivity index is 1.93. The molecule has 1 aromatic rings. The Kier molecular flexibility index (Phi) is 4.28. The lowest BCUT2D eigenvalue weighted by Crippen LogP contribution is -2.43. The van der Waals surface area contributed by atoms with Crippen LogP contribution in [0.5, 0.6) is 0 Å². The Morgan fingerprint density at radius 1 is 1.53 bits per heavy atom. The van der Waals surface area contributed by atoms with E-state index in [1.54, 1.807) is 0 Å². The summed E-state index contributed by atoms with van der Waals surface area (Å²) < 4.78 is 0. The summed E-state index contributed by atoms with van der Waals surface area (Å²) in [6.45, 7) is 2.22. The molecule has 1 fully saturated rings. The van der Waals surface area contributed by atoms with Gasteiger partial charge in [-0.1, -0.05) is 0 Å². The van der Waals surface area contributed by atoms with Gasteiger partial charge in [-0.25, -0.2) is 0 Å². The SMILES string of the molecule is CN(CC(=O)c1cc([N+](=O)[O-])c[nH]1)C1CCNCC1. The third-order valence-corrected chi connectivity index (χ3v) is 3.50. The Hall–Kier alpha value is -1.73. The van der Waals surface area contributed by atoms with Crippen molar-refractivity contribution in [3.63, 3.8) is 0 Å². The lowest BCUT2D eigenvalue weighted by atomic mass is 10.0. The molecule has 1 aliphatic rings. The minimum Gasteiger partial charge on any atom is -0.353 e. The molecule has 0 amide bonds. The molecule has 0 unspecified atom stereocenters. The summed E-state index contributed by atoms with van der Waals surface area (Å²) in [5.41, 5.74) is 0.223. The highest BCUT2D eigenvalue weighted by Crippen LogP contribution is 2.14. The Bertz CT molecular complexity index is 465. The topological polar surface area (TPSA) is 91.3 Å². The van der Waals surface area contributed by atoms with Gasteiger partial charge in [0.2, 0.25) is 0 Å². The molecule has 0 bridgehead atoms. The normalized spacial score (nSPS) is 16.7. The number of Topliss-reactive ketones (excluding diaryl/α,β-unsaturated/α-hetero) is 1. The zero-order valence-corrected chi connectivity index (χ0v) is 10.9. The van der Waals surface area contributed by atoms with Crippen LogP contribution in [-0.2, 0) is 0 Å². The van der Waals surface area contributed by atoms with Gasteiger partial charge in [0.05, 0.1) is 23.4 Å². The molecule has 7 nitrogen and oxygen atoms in total. The van der Waals surface area contributed by atoms with Crippen molar-refractivity contribution < 1.29 is 9.72 Å². The van der Waals surface area contributed by atoms with Gasteiger partial charge in [0.1, 0.15) is 0 Å². The number of aromatic nitrogens is 1. The van der Waals surface area contributed by atoms with Crippen molar-refractivity contribution in [2.24, 2.45) is 0 Å². The first-order chi connectivity index (χ1) is 9.08. The molecule has 1 aliphatic heterocycles. The number of rotatable bonds is 5. The number of carbonyl (C=O) groups excluding carboxylic acids is 1. The Labute approximate surface area is 111 Å². The van der Waals surface area contributed by atoms with Crippen molar-refractivity contribution in [1.82, 2.24) is 15.2 Å². The highest BCUT2D eigenvalue weighted by Gasteiger charge is 2.21. The molecule has 0 spiro atoms. The summed E-state index contributed by atoms with van der Waals surface area (Å²) in [5.74, 6) is -0.117. The van der Waals surface area contributed by atoms with Gasteiger partial charge in [-0.05, 0) is 33.0 Å². The second-order valence-electron chi connectivity index (χ2n) is 4.85. The molecule has 1 saturated heterocycles. The molecular formula is C12H18N4O3. The number of hydrogen-bond acceptors (Lipinski definition) is 5. The van der Waals surface area contributed by atoms with Crippen LogP contribution in [0.4, 0.5) is 5.69 Å². The third-order valence-electron chi connectivity index (χ3n) is 3.50. The number of nitro groups is 1. The third kappa shape index (κ3) is 3.39. The maximum atomic E-state index is 12.0. The van der Waals surface area contributed by atoms with E-state index in [9.17, 15) is 14.9 Å². The quantitative estimate of drug-likeness (QED) is 0.467. The minimum absolute atomic E-state index is 0.0760. The molecule has 2 N–H and O–H groups in total. The van der Waals surface area contributed by atoms with Gasteiger partial charge in [-0.3, -0.25) is 19.8 Å². The fraction of sp³-hybridized carbons (Fsp3) is 0.583. The second kappa shape index (κ2) is 5.94. The van der Waals surface area contributed by atoms with Crippen LogP contribution in [0.25, 0.3) is 0 Å². The van der Waals surface area contributed by atoms with Crippen molar-refractivity contribution >= 4 is 11.5 Å². The maximum absolute atomic E-state index is 12.0. The summed E-state index contributed by atoms with van der Waals surface area (Å²) in [6.07, 6.45) is 3.29. The lowest BCUT2D eigenvalue weighted by Gasteiger charge is -2.30. The van der Waals surface area contributed by atoms with E-state index in [-0.39, 0.29) is 18.0 Å². The fourth-order valence-electron chi connectivity index (χ4n) is 2.34. The van der Waals surface area contributed by atoms with Gasteiger partial charge in [-0.2, -0.15) is 0 Å². The molecule has 1 aromatic heterocycles. The number of nitrogens with zero attached hydrogens (tertiary/aromatic N) is 2. The lowest BCUT2D eigenvalue weighted by molar-refractivity contribution is -0.384. The number of nitrogens with one attached hydrogen (secondary N) is 2. The Morgan fingerprint density at radius 3 is 2.79 bits per heavy atom. The monoisotopic (exact) mass is 266 g/mol. The van der Waals surface area contributed by atoms with Gasteiger partial charge in [0.25, 0.3) is 5.69 Å². The second-order valence-corrected chi connectivity index (χ2v) is 4.85. The smallest absolute Gasteiger partial charge is 0.287 e. The fourth-order valence-corrected chi connectivity index (χ4v) is 2.34. The molecule has 7 heteroatoms. The summed E-state index contributed by atoms with van der Waals surface area (Å²) in [5, 5.41) is 13.8. The number of carbonyl (C=O) groups is 1.